The normalized spacial score (nSPS) is 10.8. The van der Waals surface area contributed by atoms with Crippen molar-refractivity contribution in [1.29, 1.82) is 0 Å². The molecular formula is C14H18ClN3. The summed E-state index contributed by atoms with van der Waals surface area (Å²) in [5, 5.41) is 8.39. The minimum atomic E-state index is 0.755. The Morgan fingerprint density at radius 1 is 1.33 bits per heavy atom. The second-order valence-corrected chi connectivity index (χ2v) is 4.75. The van der Waals surface area contributed by atoms with E-state index in [1.807, 2.05) is 29.9 Å². The Morgan fingerprint density at radius 3 is 2.83 bits per heavy atom. The van der Waals surface area contributed by atoms with Gasteiger partial charge in [0.1, 0.15) is 0 Å². The highest BCUT2D eigenvalue weighted by molar-refractivity contribution is 6.30. The highest BCUT2D eigenvalue weighted by Gasteiger charge is 2.09. The number of nitrogens with one attached hydrogen (secondary N) is 1. The first-order valence-corrected chi connectivity index (χ1v) is 6.57. The van der Waals surface area contributed by atoms with Gasteiger partial charge < -0.3 is 5.32 Å². The smallest absolute Gasteiger partial charge is 0.0682 e. The van der Waals surface area contributed by atoms with Crippen molar-refractivity contribution in [3.05, 3.63) is 41.0 Å². The van der Waals surface area contributed by atoms with Crippen LogP contribution in [0.15, 0.2) is 30.5 Å². The zero-order chi connectivity index (χ0) is 13.0. The van der Waals surface area contributed by atoms with Gasteiger partial charge in [0.25, 0.3) is 0 Å². The Kier molecular flexibility index (Phi) is 4.39. The van der Waals surface area contributed by atoms with Crippen LogP contribution >= 0.6 is 11.6 Å². The molecule has 0 atom stereocenters. The summed E-state index contributed by atoms with van der Waals surface area (Å²) in [5.41, 5.74) is 3.48. The summed E-state index contributed by atoms with van der Waals surface area (Å²) in [4.78, 5) is 0. The molecule has 1 aromatic carbocycles. The number of hydrogen-bond acceptors (Lipinski definition) is 2. The van der Waals surface area contributed by atoms with Gasteiger partial charge >= 0.3 is 0 Å². The average Bonchev–Trinajstić information content (AvgIpc) is 2.77. The van der Waals surface area contributed by atoms with Gasteiger partial charge in [0.15, 0.2) is 0 Å². The maximum atomic E-state index is 6.10. The van der Waals surface area contributed by atoms with Crippen molar-refractivity contribution in [2.24, 2.45) is 7.05 Å². The minimum Gasteiger partial charge on any atom is -0.313 e. The third-order valence-corrected chi connectivity index (χ3v) is 3.15. The molecule has 0 aliphatic carbocycles. The first kappa shape index (κ1) is 13.1. The summed E-state index contributed by atoms with van der Waals surface area (Å²) in [5.74, 6) is 0. The molecule has 0 aliphatic heterocycles. The second kappa shape index (κ2) is 6.03. The summed E-state index contributed by atoms with van der Waals surface area (Å²) < 4.78 is 1.87. The zero-order valence-electron chi connectivity index (χ0n) is 10.8. The van der Waals surface area contributed by atoms with Crippen LogP contribution in [0.2, 0.25) is 5.02 Å². The van der Waals surface area contributed by atoms with Gasteiger partial charge in [0, 0.05) is 30.4 Å². The molecule has 0 aliphatic rings. The standard InChI is InChI=1S/C14H18ClN3/c1-3-7-16-10-11-4-5-12(15)9-13(11)14-6-8-17-18(14)2/h4-6,8-9,16H,3,7,10H2,1-2H3. The van der Waals surface area contributed by atoms with Gasteiger partial charge in [-0.1, -0.05) is 24.6 Å². The Balaban J connectivity index is 2.32. The van der Waals surface area contributed by atoms with E-state index in [2.05, 4.69) is 23.4 Å². The Hall–Kier alpha value is -1.32. The molecule has 0 amide bonds. The van der Waals surface area contributed by atoms with Gasteiger partial charge in [-0.2, -0.15) is 5.10 Å². The minimum absolute atomic E-state index is 0.755. The fraction of sp³-hybridized carbons (Fsp3) is 0.357. The molecule has 0 fully saturated rings. The lowest BCUT2D eigenvalue weighted by Crippen LogP contribution is -2.14. The molecule has 0 radical (unpaired) electrons. The van der Waals surface area contributed by atoms with Crippen molar-refractivity contribution in [3.63, 3.8) is 0 Å². The number of aromatic nitrogens is 2. The molecule has 1 aromatic heterocycles. The number of rotatable bonds is 5. The SMILES string of the molecule is CCCNCc1ccc(Cl)cc1-c1ccnn1C. The largest absolute Gasteiger partial charge is 0.313 e. The molecule has 0 saturated carbocycles. The van der Waals surface area contributed by atoms with Crippen LogP contribution in [-0.2, 0) is 13.6 Å². The summed E-state index contributed by atoms with van der Waals surface area (Å²) in [6.45, 7) is 4.04. The van der Waals surface area contributed by atoms with Crippen molar-refractivity contribution >= 4 is 11.6 Å². The van der Waals surface area contributed by atoms with E-state index >= 15 is 0 Å². The molecule has 2 rings (SSSR count). The van der Waals surface area contributed by atoms with E-state index in [4.69, 9.17) is 11.6 Å². The van der Waals surface area contributed by atoms with Crippen molar-refractivity contribution in [3.8, 4) is 11.3 Å². The third kappa shape index (κ3) is 2.92. The summed E-state index contributed by atoms with van der Waals surface area (Å²) in [7, 11) is 1.94. The molecule has 0 spiro atoms. The van der Waals surface area contributed by atoms with Crippen LogP contribution in [0.3, 0.4) is 0 Å². The molecule has 1 N–H and O–H groups in total. The predicted octanol–water partition coefficient (Wildman–Crippen LogP) is 3.24. The molecular weight excluding hydrogens is 246 g/mol. The van der Waals surface area contributed by atoms with Crippen LogP contribution in [-0.4, -0.2) is 16.3 Å². The van der Waals surface area contributed by atoms with Crippen LogP contribution in [0.5, 0.6) is 0 Å². The van der Waals surface area contributed by atoms with Gasteiger partial charge in [-0.15, -0.1) is 0 Å². The molecule has 0 saturated heterocycles. The van der Waals surface area contributed by atoms with Gasteiger partial charge in [0.05, 0.1) is 5.69 Å². The van der Waals surface area contributed by atoms with E-state index in [9.17, 15) is 0 Å². The topological polar surface area (TPSA) is 29.9 Å². The summed E-state index contributed by atoms with van der Waals surface area (Å²) in [6, 6.07) is 8.02. The Labute approximate surface area is 113 Å². The van der Waals surface area contributed by atoms with Crippen molar-refractivity contribution in [2.75, 3.05) is 6.54 Å². The van der Waals surface area contributed by atoms with Crippen LogP contribution in [0.25, 0.3) is 11.3 Å². The van der Waals surface area contributed by atoms with Crippen LogP contribution in [0, 0.1) is 0 Å². The van der Waals surface area contributed by atoms with E-state index in [1.165, 1.54) is 5.56 Å². The van der Waals surface area contributed by atoms with E-state index in [0.29, 0.717) is 0 Å². The lowest BCUT2D eigenvalue weighted by molar-refractivity contribution is 0.675. The molecule has 0 bridgehead atoms. The maximum Gasteiger partial charge on any atom is 0.0682 e. The zero-order valence-corrected chi connectivity index (χ0v) is 11.5. The molecule has 96 valence electrons. The number of halogens is 1. The molecule has 3 nitrogen and oxygen atoms in total. The summed E-state index contributed by atoms with van der Waals surface area (Å²) in [6.07, 6.45) is 2.94. The molecule has 2 aromatic rings. The molecule has 0 unspecified atom stereocenters. The highest BCUT2D eigenvalue weighted by Crippen LogP contribution is 2.26. The third-order valence-electron chi connectivity index (χ3n) is 2.91. The number of hydrogen-bond donors (Lipinski definition) is 1. The van der Waals surface area contributed by atoms with Crippen molar-refractivity contribution in [2.45, 2.75) is 19.9 Å². The van der Waals surface area contributed by atoms with E-state index in [0.717, 1.165) is 35.8 Å². The number of benzene rings is 1. The van der Waals surface area contributed by atoms with E-state index in [1.54, 1.807) is 6.20 Å². The van der Waals surface area contributed by atoms with Gasteiger partial charge in [-0.05, 0) is 36.7 Å². The molecule has 4 heteroatoms. The van der Waals surface area contributed by atoms with Crippen molar-refractivity contribution < 1.29 is 0 Å². The van der Waals surface area contributed by atoms with E-state index < -0.39 is 0 Å². The second-order valence-electron chi connectivity index (χ2n) is 4.32. The number of aryl methyl sites for hydroxylation is 1. The van der Waals surface area contributed by atoms with E-state index in [-0.39, 0.29) is 0 Å². The fourth-order valence-corrected chi connectivity index (χ4v) is 2.15. The quantitative estimate of drug-likeness (QED) is 0.840. The van der Waals surface area contributed by atoms with Crippen molar-refractivity contribution in [1.82, 2.24) is 15.1 Å². The Morgan fingerprint density at radius 2 is 2.17 bits per heavy atom. The average molecular weight is 264 g/mol. The first-order valence-electron chi connectivity index (χ1n) is 6.20. The lowest BCUT2D eigenvalue weighted by Gasteiger charge is -2.11. The molecule has 1 heterocycles. The van der Waals surface area contributed by atoms with Gasteiger partial charge in [-0.25, -0.2) is 0 Å². The predicted molar refractivity (Wildman–Crippen MR) is 75.7 cm³/mol. The van der Waals surface area contributed by atoms with Gasteiger partial charge in [0.2, 0.25) is 0 Å². The van der Waals surface area contributed by atoms with Crippen LogP contribution < -0.4 is 5.32 Å². The van der Waals surface area contributed by atoms with Crippen LogP contribution in [0.1, 0.15) is 18.9 Å². The van der Waals surface area contributed by atoms with Crippen LogP contribution in [0.4, 0.5) is 0 Å². The highest BCUT2D eigenvalue weighted by atomic mass is 35.5. The Bertz CT molecular complexity index is 520. The fourth-order valence-electron chi connectivity index (χ4n) is 1.98. The lowest BCUT2D eigenvalue weighted by atomic mass is 10.0. The summed E-state index contributed by atoms with van der Waals surface area (Å²) >= 11 is 6.10. The number of nitrogens with zero attached hydrogens (tertiary/aromatic N) is 2. The van der Waals surface area contributed by atoms with Gasteiger partial charge in [-0.3, -0.25) is 4.68 Å². The maximum absolute atomic E-state index is 6.10. The molecule has 18 heavy (non-hydrogen) atoms. The monoisotopic (exact) mass is 263 g/mol. The first-order chi connectivity index (χ1) is 8.72.